The van der Waals surface area contributed by atoms with Gasteiger partial charge in [0.05, 0.1) is 19.3 Å². The van der Waals surface area contributed by atoms with Crippen molar-refractivity contribution < 1.29 is 4.74 Å². The summed E-state index contributed by atoms with van der Waals surface area (Å²) >= 11 is 0. The van der Waals surface area contributed by atoms with Gasteiger partial charge in [0.2, 0.25) is 0 Å². The van der Waals surface area contributed by atoms with E-state index in [0.29, 0.717) is 0 Å². The molecule has 0 saturated carbocycles. The van der Waals surface area contributed by atoms with Gasteiger partial charge in [-0.15, -0.1) is 0 Å². The third-order valence-electron chi connectivity index (χ3n) is 3.83. The molecule has 13 heavy (non-hydrogen) atoms. The predicted molar refractivity (Wildman–Crippen MR) is 50.7 cm³/mol. The zero-order valence-corrected chi connectivity index (χ0v) is 8.28. The minimum absolute atomic E-state index is 0.760. The van der Waals surface area contributed by atoms with Crippen LogP contribution in [0.15, 0.2) is 0 Å². The van der Waals surface area contributed by atoms with E-state index in [9.17, 15) is 0 Å². The Labute approximate surface area is 79.6 Å². The molecule has 3 heterocycles. The molecule has 0 spiro atoms. The van der Waals surface area contributed by atoms with Crippen LogP contribution in [0.1, 0.15) is 0 Å². The van der Waals surface area contributed by atoms with E-state index in [1.54, 1.807) is 0 Å². The van der Waals surface area contributed by atoms with Crippen molar-refractivity contribution in [2.75, 3.05) is 46.4 Å². The Kier molecular flexibility index (Phi) is 1.86. The lowest BCUT2D eigenvalue weighted by molar-refractivity contribution is -0.0598. The molecule has 3 rings (SSSR count). The quantitative estimate of drug-likeness (QED) is 0.562. The molecule has 3 heteroatoms. The molecule has 2 atom stereocenters. The van der Waals surface area contributed by atoms with E-state index in [1.807, 2.05) is 0 Å². The van der Waals surface area contributed by atoms with Crippen molar-refractivity contribution in [1.82, 2.24) is 9.80 Å². The van der Waals surface area contributed by atoms with E-state index in [4.69, 9.17) is 4.74 Å². The molecule has 0 amide bonds. The van der Waals surface area contributed by atoms with Crippen LogP contribution in [-0.2, 0) is 4.74 Å². The maximum absolute atomic E-state index is 5.24. The van der Waals surface area contributed by atoms with Crippen molar-refractivity contribution in [1.29, 1.82) is 0 Å². The molecule has 0 aromatic heterocycles. The van der Waals surface area contributed by atoms with Gasteiger partial charge in [-0.3, -0.25) is 4.90 Å². The molecule has 3 nitrogen and oxygen atoms in total. The molecule has 3 fully saturated rings. The topological polar surface area (TPSA) is 15.7 Å². The molecule has 3 aliphatic heterocycles. The SMILES string of the molecule is CN1CC2CN(C3COC3)CC2C1. The molecule has 2 unspecified atom stereocenters. The van der Waals surface area contributed by atoms with Crippen LogP contribution in [0.3, 0.4) is 0 Å². The fraction of sp³-hybridized carbons (Fsp3) is 1.00. The number of hydrogen-bond donors (Lipinski definition) is 0. The first-order valence-electron chi connectivity index (χ1n) is 5.33. The first-order valence-corrected chi connectivity index (χ1v) is 5.33. The molecule has 3 aliphatic rings. The van der Waals surface area contributed by atoms with Gasteiger partial charge in [-0.25, -0.2) is 0 Å². The molecular formula is C10H18N2O. The molecule has 0 N–H and O–H groups in total. The Balaban J connectivity index is 1.61. The summed E-state index contributed by atoms with van der Waals surface area (Å²) in [6.07, 6.45) is 0. The van der Waals surface area contributed by atoms with Crippen LogP contribution in [-0.4, -0.2) is 62.3 Å². The monoisotopic (exact) mass is 182 g/mol. The fourth-order valence-electron chi connectivity index (χ4n) is 3.00. The second kappa shape index (κ2) is 2.94. The summed E-state index contributed by atoms with van der Waals surface area (Å²) in [4.78, 5) is 5.12. The Hall–Kier alpha value is -0.120. The molecule has 0 aromatic carbocycles. The highest BCUT2D eigenvalue weighted by Gasteiger charge is 2.42. The van der Waals surface area contributed by atoms with Gasteiger partial charge in [-0.2, -0.15) is 0 Å². The summed E-state index contributed by atoms with van der Waals surface area (Å²) in [6, 6.07) is 0.760. The van der Waals surface area contributed by atoms with Gasteiger partial charge in [-0.1, -0.05) is 0 Å². The number of nitrogens with zero attached hydrogens (tertiary/aromatic N) is 2. The van der Waals surface area contributed by atoms with Crippen molar-refractivity contribution in [2.45, 2.75) is 6.04 Å². The molecule has 3 saturated heterocycles. The standard InChI is InChI=1S/C10H18N2O/c1-11-2-8-4-12(5-9(8)3-11)10-6-13-7-10/h8-10H,2-7H2,1H3. The second-order valence-electron chi connectivity index (χ2n) is 4.89. The van der Waals surface area contributed by atoms with Gasteiger partial charge >= 0.3 is 0 Å². The molecule has 0 bridgehead atoms. The minimum atomic E-state index is 0.760. The summed E-state index contributed by atoms with van der Waals surface area (Å²) in [5.74, 6) is 1.90. The van der Waals surface area contributed by atoms with Crippen molar-refractivity contribution in [3.05, 3.63) is 0 Å². The lowest BCUT2D eigenvalue weighted by Gasteiger charge is -2.35. The van der Waals surface area contributed by atoms with E-state index in [2.05, 4.69) is 16.8 Å². The van der Waals surface area contributed by atoms with E-state index in [1.165, 1.54) is 26.2 Å². The fourth-order valence-corrected chi connectivity index (χ4v) is 3.00. The van der Waals surface area contributed by atoms with Crippen molar-refractivity contribution in [2.24, 2.45) is 11.8 Å². The predicted octanol–water partition coefficient (Wildman–Crippen LogP) is -0.121. The van der Waals surface area contributed by atoms with Crippen LogP contribution in [0.2, 0.25) is 0 Å². The first kappa shape index (κ1) is 8.21. The van der Waals surface area contributed by atoms with Crippen LogP contribution >= 0.6 is 0 Å². The Morgan fingerprint density at radius 3 is 2.08 bits per heavy atom. The first-order chi connectivity index (χ1) is 6.33. The van der Waals surface area contributed by atoms with Crippen LogP contribution in [0.4, 0.5) is 0 Å². The third-order valence-corrected chi connectivity index (χ3v) is 3.83. The van der Waals surface area contributed by atoms with E-state index < -0.39 is 0 Å². The average molecular weight is 182 g/mol. The van der Waals surface area contributed by atoms with Crippen molar-refractivity contribution >= 4 is 0 Å². The smallest absolute Gasteiger partial charge is 0.0645 e. The number of hydrogen-bond acceptors (Lipinski definition) is 3. The maximum atomic E-state index is 5.24. The van der Waals surface area contributed by atoms with Crippen molar-refractivity contribution in [3.8, 4) is 0 Å². The zero-order valence-electron chi connectivity index (χ0n) is 8.28. The molecule has 74 valence electrons. The summed E-state index contributed by atoms with van der Waals surface area (Å²) < 4.78 is 5.24. The second-order valence-corrected chi connectivity index (χ2v) is 4.89. The zero-order chi connectivity index (χ0) is 8.84. The van der Waals surface area contributed by atoms with E-state index in [-0.39, 0.29) is 0 Å². The number of fused-ring (bicyclic) bond motifs is 1. The third kappa shape index (κ3) is 1.30. The van der Waals surface area contributed by atoms with Gasteiger partial charge < -0.3 is 9.64 Å². The molecule has 0 aliphatic carbocycles. The van der Waals surface area contributed by atoms with Gasteiger partial charge in [0.25, 0.3) is 0 Å². The minimum Gasteiger partial charge on any atom is -0.378 e. The highest BCUT2D eigenvalue weighted by Crippen LogP contribution is 2.32. The summed E-state index contributed by atoms with van der Waals surface area (Å²) in [6.45, 7) is 7.24. The molecule has 0 aromatic rings. The van der Waals surface area contributed by atoms with Crippen LogP contribution < -0.4 is 0 Å². The Morgan fingerprint density at radius 1 is 1.00 bits per heavy atom. The number of ether oxygens (including phenoxy) is 1. The lowest BCUT2D eigenvalue weighted by atomic mass is 10.0. The molecular weight excluding hydrogens is 164 g/mol. The average Bonchev–Trinajstić information content (AvgIpc) is 2.39. The molecule has 0 radical (unpaired) electrons. The van der Waals surface area contributed by atoms with Crippen molar-refractivity contribution in [3.63, 3.8) is 0 Å². The van der Waals surface area contributed by atoms with Crippen LogP contribution in [0.5, 0.6) is 0 Å². The van der Waals surface area contributed by atoms with Gasteiger partial charge in [0.15, 0.2) is 0 Å². The summed E-state index contributed by atoms with van der Waals surface area (Å²) in [5, 5.41) is 0. The summed E-state index contributed by atoms with van der Waals surface area (Å²) in [5.41, 5.74) is 0. The van der Waals surface area contributed by atoms with E-state index >= 15 is 0 Å². The Morgan fingerprint density at radius 2 is 1.62 bits per heavy atom. The van der Waals surface area contributed by atoms with Crippen LogP contribution in [0.25, 0.3) is 0 Å². The summed E-state index contributed by atoms with van der Waals surface area (Å²) in [7, 11) is 2.25. The van der Waals surface area contributed by atoms with Gasteiger partial charge in [-0.05, 0) is 18.9 Å². The number of rotatable bonds is 1. The lowest BCUT2D eigenvalue weighted by Crippen LogP contribution is -2.48. The normalized spacial score (nSPS) is 42.2. The Bertz CT molecular complexity index is 191. The van der Waals surface area contributed by atoms with E-state index in [0.717, 1.165) is 31.1 Å². The van der Waals surface area contributed by atoms with Gasteiger partial charge in [0.1, 0.15) is 0 Å². The maximum Gasteiger partial charge on any atom is 0.0645 e. The van der Waals surface area contributed by atoms with Gasteiger partial charge in [0, 0.05) is 26.2 Å². The number of likely N-dealkylation sites (tertiary alicyclic amines) is 2. The highest BCUT2D eigenvalue weighted by atomic mass is 16.5. The largest absolute Gasteiger partial charge is 0.378 e. The highest BCUT2D eigenvalue weighted by molar-refractivity contribution is 4.95. The van der Waals surface area contributed by atoms with Crippen LogP contribution in [0, 0.1) is 11.8 Å².